The van der Waals surface area contributed by atoms with Crippen LogP contribution >= 0.6 is 0 Å². The number of phenolic OH excluding ortho intramolecular Hbond substituents is 1. The molecule has 0 aliphatic carbocycles. The van der Waals surface area contributed by atoms with Crippen LogP contribution in [0.25, 0.3) is 16.5 Å². The lowest BCUT2D eigenvalue weighted by Crippen LogP contribution is -2.33. The van der Waals surface area contributed by atoms with Gasteiger partial charge in [-0.05, 0) is 42.3 Å². The molecule has 32 heavy (non-hydrogen) atoms. The van der Waals surface area contributed by atoms with Gasteiger partial charge in [0.15, 0.2) is 0 Å². The molecule has 1 heterocycles. The Labute approximate surface area is 186 Å². The number of ether oxygens (including phenoxy) is 1. The van der Waals surface area contributed by atoms with Gasteiger partial charge >= 0.3 is 0 Å². The van der Waals surface area contributed by atoms with Crippen LogP contribution in [-0.4, -0.2) is 46.1 Å². The summed E-state index contributed by atoms with van der Waals surface area (Å²) in [5.74, 6) is -1.57. The van der Waals surface area contributed by atoms with Gasteiger partial charge < -0.3 is 19.8 Å². The standard InChI is InChI=1S/C26H25NO5/c1-16(2)32-15-14-27-23(18-10-12-19(28)13-11-18)22(25(30)26(27)31)24(29)21-9-5-7-17-6-3-4-8-20(17)21/h3-13,16,23,28-29H,14-15H2,1-2H3/b24-22-. The number of likely N-dealkylation sites (tertiary alicyclic amines) is 1. The fourth-order valence-corrected chi connectivity index (χ4v) is 4.08. The summed E-state index contributed by atoms with van der Waals surface area (Å²) in [5.41, 5.74) is 1.14. The Bertz CT molecular complexity index is 1190. The van der Waals surface area contributed by atoms with E-state index < -0.39 is 17.7 Å². The average Bonchev–Trinajstić information content (AvgIpc) is 3.03. The molecule has 1 aliphatic heterocycles. The van der Waals surface area contributed by atoms with E-state index in [2.05, 4.69) is 0 Å². The minimum absolute atomic E-state index is 0.0189. The van der Waals surface area contributed by atoms with Crippen LogP contribution in [0.4, 0.5) is 0 Å². The van der Waals surface area contributed by atoms with Crippen LogP contribution in [0.2, 0.25) is 0 Å². The van der Waals surface area contributed by atoms with Gasteiger partial charge in [0, 0.05) is 12.1 Å². The number of benzene rings is 3. The monoisotopic (exact) mass is 431 g/mol. The maximum Gasteiger partial charge on any atom is 0.295 e. The number of phenols is 1. The van der Waals surface area contributed by atoms with Crippen LogP contribution in [0, 0.1) is 0 Å². The number of fused-ring (bicyclic) bond motifs is 1. The molecule has 3 aromatic rings. The predicted molar refractivity (Wildman–Crippen MR) is 122 cm³/mol. The third kappa shape index (κ3) is 3.97. The fraction of sp³-hybridized carbons (Fsp3) is 0.231. The maximum absolute atomic E-state index is 13.1. The van der Waals surface area contributed by atoms with Crippen LogP contribution in [0.1, 0.15) is 31.0 Å². The van der Waals surface area contributed by atoms with Crippen molar-refractivity contribution in [3.63, 3.8) is 0 Å². The zero-order valence-electron chi connectivity index (χ0n) is 18.0. The van der Waals surface area contributed by atoms with Crippen molar-refractivity contribution in [3.05, 3.63) is 83.4 Å². The van der Waals surface area contributed by atoms with Gasteiger partial charge in [-0.1, -0.05) is 54.6 Å². The number of Topliss-reactive ketones (excluding diaryl/α,β-unsaturated/α-hetero) is 1. The highest BCUT2D eigenvalue weighted by molar-refractivity contribution is 6.46. The van der Waals surface area contributed by atoms with Gasteiger partial charge in [-0.2, -0.15) is 0 Å². The Balaban J connectivity index is 1.86. The molecule has 1 amide bonds. The summed E-state index contributed by atoms with van der Waals surface area (Å²) >= 11 is 0. The van der Waals surface area contributed by atoms with Gasteiger partial charge in [0.05, 0.1) is 24.3 Å². The van der Waals surface area contributed by atoms with E-state index in [1.165, 1.54) is 17.0 Å². The first kappa shape index (κ1) is 21.6. The van der Waals surface area contributed by atoms with Crippen molar-refractivity contribution in [1.82, 2.24) is 4.90 Å². The van der Waals surface area contributed by atoms with Crippen molar-refractivity contribution in [2.75, 3.05) is 13.2 Å². The van der Waals surface area contributed by atoms with E-state index in [4.69, 9.17) is 4.74 Å². The number of aromatic hydroxyl groups is 1. The van der Waals surface area contributed by atoms with Crippen LogP contribution in [0.3, 0.4) is 0 Å². The number of carbonyl (C=O) groups excluding carboxylic acids is 2. The van der Waals surface area contributed by atoms with Gasteiger partial charge in [-0.3, -0.25) is 9.59 Å². The van der Waals surface area contributed by atoms with E-state index in [9.17, 15) is 19.8 Å². The summed E-state index contributed by atoms with van der Waals surface area (Å²) in [7, 11) is 0. The second-order valence-electron chi connectivity index (χ2n) is 8.03. The van der Waals surface area contributed by atoms with Crippen molar-refractivity contribution in [3.8, 4) is 5.75 Å². The topological polar surface area (TPSA) is 87.1 Å². The lowest BCUT2D eigenvalue weighted by Gasteiger charge is -2.25. The molecule has 1 fully saturated rings. The quantitative estimate of drug-likeness (QED) is 0.343. The molecule has 1 saturated heterocycles. The van der Waals surface area contributed by atoms with Crippen LogP contribution in [0.15, 0.2) is 72.3 Å². The third-order valence-electron chi connectivity index (χ3n) is 5.58. The summed E-state index contributed by atoms with van der Waals surface area (Å²) in [4.78, 5) is 27.5. The molecule has 0 radical (unpaired) electrons. The van der Waals surface area contributed by atoms with E-state index >= 15 is 0 Å². The summed E-state index contributed by atoms with van der Waals surface area (Å²) < 4.78 is 5.60. The number of carbonyl (C=O) groups is 2. The normalized spacial score (nSPS) is 18.1. The third-order valence-corrected chi connectivity index (χ3v) is 5.58. The molecule has 3 aromatic carbocycles. The Hall–Kier alpha value is -3.64. The summed E-state index contributed by atoms with van der Waals surface area (Å²) in [6, 6.07) is 18.5. The second kappa shape index (κ2) is 8.85. The van der Waals surface area contributed by atoms with E-state index in [0.717, 1.165) is 10.8 Å². The molecule has 6 nitrogen and oxygen atoms in total. The Morgan fingerprint density at radius 1 is 1.00 bits per heavy atom. The van der Waals surface area contributed by atoms with E-state index in [1.54, 1.807) is 24.3 Å². The second-order valence-corrected chi connectivity index (χ2v) is 8.03. The zero-order chi connectivity index (χ0) is 22.8. The van der Waals surface area contributed by atoms with E-state index in [0.29, 0.717) is 11.1 Å². The molecule has 6 heteroatoms. The number of amides is 1. The minimum atomic E-state index is -0.787. The molecule has 1 atom stereocenters. The molecule has 0 spiro atoms. The van der Waals surface area contributed by atoms with Gasteiger partial charge in [-0.25, -0.2) is 0 Å². The number of nitrogens with zero attached hydrogens (tertiary/aromatic N) is 1. The maximum atomic E-state index is 13.1. The zero-order valence-corrected chi connectivity index (χ0v) is 18.0. The summed E-state index contributed by atoms with van der Waals surface area (Å²) in [6.45, 7) is 4.24. The van der Waals surface area contributed by atoms with Gasteiger partial charge in [0.2, 0.25) is 0 Å². The number of rotatable bonds is 6. The van der Waals surface area contributed by atoms with Crippen LogP contribution in [0.5, 0.6) is 5.75 Å². The molecule has 1 unspecified atom stereocenters. The van der Waals surface area contributed by atoms with Gasteiger partial charge in [-0.15, -0.1) is 0 Å². The number of aliphatic hydroxyl groups excluding tert-OH is 1. The highest BCUT2D eigenvalue weighted by atomic mass is 16.5. The molecule has 1 aliphatic rings. The predicted octanol–water partition coefficient (Wildman–Crippen LogP) is 4.39. The number of ketones is 1. The molecule has 2 N–H and O–H groups in total. The minimum Gasteiger partial charge on any atom is -0.508 e. The van der Waals surface area contributed by atoms with E-state index in [1.807, 2.05) is 44.2 Å². The first-order valence-corrected chi connectivity index (χ1v) is 10.6. The molecular formula is C26H25NO5. The summed E-state index contributed by atoms with van der Waals surface area (Å²) in [5, 5.41) is 22.7. The Morgan fingerprint density at radius 2 is 1.69 bits per heavy atom. The molecule has 164 valence electrons. The van der Waals surface area contributed by atoms with Crippen molar-refractivity contribution >= 4 is 28.2 Å². The Kier molecular flexibility index (Phi) is 5.97. The lowest BCUT2D eigenvalue weighted by atomic mass is 9.93. The fourth-order valence-electron chi connectivity index (χ4n) is 4.08. The highest BCUT2D eigenvalue weighted by Gasteiger charge is 2.46. The lowest BCUT2D eigenvalue weighted by molar-refractivity contribution is -0.140. The molecule has 0 aromatic heterocycles. The van der Waals surface area contributed by atoms with Crippen molar-refractivity contribution < 1.29 is 24.5 Å². The van der Waals surface area contributed by atoms with Crippen LogP contribution < -0.4 is 0 Å². The molecular weight excluding hydrogens is 406 g/mol. The van der Waals surface area contributed by atoms with Crippen LogP contribution in [-0.2, 0) is 14.3 Å². The van der Waals surface area contributed by atoms with Gasteiger partial charge in [0.1, 0.15) is 11.5 Å². The van der Waals surface area contributed by atoms with Gasteiger partial charge in [0.25, 0.3) is 11.7 Å². The van der Waals surface area contributed by atoms with Crippen molar-refractivity contribution in [2.45, 2.75) is 26.0 Å². The van der Waals surface area contributed by atoms with Crippen molar-refractivity contribution in [1.29, 1.82) is 0 Å². The SMILES string of the molecule is CC(C)OCCN1C(=O)C(=O)/C(=C(\O)c2cccc3ccccc23)C1c1ccc(O)cc1. The Morgan fingerprint density at radius 3 is 2.41 bits per heavy atom. The van der Waals surface area contributed by atoms with E-state index in [-0.39, 0.29) is 36.3 Å². The first-order chi connectivity index (χ1) is 15.4. The summed E-state index contributed by atoms with van der Waals surface area (Å²) in [6.07, 6.45) is -0.0189. The first-order valence-electron chi connectivity index (χ1n) is 10.6. The smallest absolute Gasteiger partial charge is 0.295 e. The number of hydrogen-bond donors (Lipinski definition) is 2. The highest BCUT2D eigenvalue weighted by Crippen LogP contribution is 2.40. The average molecular weight is 431 g/mol. The molecule has 4 rings (SSSR count). The number of hydrogen-bond acceptors (Lipinski definition) is 5. The molecule has 0 bridgehead atoms. The number of aliphatic hydroxyl groups is 1. The largest absolute Gasteiger partial charge is 0.508 e. The molecule has 0 saturated carbocycles. The van der Waals surface area contributed by atoms with Crippen molar-refractivity contribution in [2.24, 2.45) is 0 Å².